The number of aromatic amines is 1. The quantitative estimate of drug-likeness (QED) is 0.279. The van der Waals surface area contributed by atoms with Crippen LogP contribution in [-0.4, -0.2) is 56.5 Å². The maximum Gasteiger partial charge on any atom is 0.274 e. The standard InChI is InChI=1S/C28H33N7O4/c1-18(28(2,3)4)30-27(37)24-12-14-35(34-24)15-16-39-19-9-10-22(25(17-19)38-5)32-26(36)23-8-6-7-20(31-23)21-11-13-29-33-21/h6-14,17-18H,15-16H2,1-5H3,(H,29,33)(H,30,37)(H,32,36). The Bertz CT molecular complexity index is 1420. The fourth-order valence-corrected chi connectivity index (χ4v) is 3.51. The van der Waals surface area contributed by atoms with Gasteiger partial charge in [-0.25, -0.2) is 4.98 Å². The van der Waals surface area contributed by atoms with Crippen LogP contribution in [0, 0.1) is 5.41 Å². The van der Waals surface area contributed by atoms with Crippen LogP contribution >= 0.6 is 0 Å². The highest BCUT2D eigenvalue weighted by Crippen LogP contribution is 2.29. The first kappa shape index (κ1) is 27.4. The molecule has 204 valence electrons. The molecule has 11 heteroatoms. The molecule has 0 bridgehead atoms. The van der Waals surface area contributed by atoms with Crippen molar-refractivity contribution in [2.75, 3.05) is 19.0 Å². The van der Waals surface area contributed by atoms with E-state index in [9.17, 15) is 9.59 Å². The maximum absolute atomic E-state index is 12.8. The monoisotopic (exact) mass is 531 g/mol. The minimum absolute atomic E-state index is 0.00417. The molecule has 0 saturated heterocycles. The number of carbonyl (C=O) groups is 2. The Labute approximate surface area is 226 Å². The Morgan fingerprint density at radius 1 is 1.05 bits per heavy atom. The third kappa shape index (κ3) is 7.01. The van der Waals surface area contributed by atoms with E-state index in [0.717, 1.165) is 0 Å². The number of ether oxygens (including phenoxy) is 2. The topological polar surface area (TPSA) is 136 Å². The molecule has 2 amide bonds. The molecule has 0 saturated carbocycles. The van der Waals surface area contributed by atoms with Gasteiger partial charge in [0, 0.05) is 24.5 Å². The van der Waals surface area contributed by atoms with Crippen LogP contribution < -0.4 is 20.1 Å². The molecule has 1 atom stereocenters. The fourth-order valence-electron chi connectivity index (χ4n) is 3.51. The smallest absolute Gasteiger partial charge is 0.274 e. The first-order chi connectivity index (χ1) is 18.6. The van der Waals surface area contributed by atoms with Crippen LogP contribution in [0.4, 0.5) is 5.69 Å². The van der Waals surface area contributed by atoms with E-state index in [-0.39, 0.29) is 29.0 Å². The van der Waals surface area contributed by atoms with Gasteiger partial charge in [-0.2, -0.15) is 10.2 Å². The summed E-state index contributed by atoms with van der Waals surface area (Å²) < 4.78 is 13.0. The molecule has 1 unspecified atom stereocenters. The minimum atomic E-state index is -0.380. The number of H-pyrrole nitrogens is 1. The van der Waals surface area contributed by atoms with E-state index in [1.165, 1.54) is 7.11 Å². The summed E-state index contributed by atoms with van der Waals surface area (Å²) >= 11 is 0. The molecule has 39 heavy (non-hydrogen) atoms. The van der Waals surface area contributed by atoms with Crippen LogP contribution in [-0.2, 0) is 6.54 Å². The van der Waals surface area contributed by atoms with Crippen molar-refractivity contribution in [2.45, 2.75) is 40.3 Å². The normalized spacial score (nSPS) is 12.0. The van der Waals surface area contributed by atoms with E-state index in [0.29, 0.717) is 47.4 Å². The fraction of sp³-hybridized carbons (Fsp3) is 0.321. The van der Waals surface area contributed by atoms with E-state index >= 15 is 0 Å². The van der Waals surface area contributed by atoms with Gasteiger partial charge in [-0.05, 0) is 48.7 Å². The zero-order valence-electron chi connectivity index (χ0n) is 22.7. The SMILES string of the molecule is COc1cc(OCCn2ccc(C(=O)NC(C)C(C)(C)C)n2)ccc1NC(=O)c1cccc(-c2cc[nH]n2)n1. The average Bonchev–Trinajstić information content (AvgIpc) is 3.62. The number of rotatable bonds is 10. The van der Waals surface area contributed by atoms with Gasteiger partial charge in [-0.3, -0.25) is 19.4 Å². The van der Waals surface area contributed by atoms with Crippen LogP contribution in [0.25, 0.3) is 11.4 Å². The number of anilines is 1. The second-order valence-electron chi connectivity index (χ2n) is 10.1. The number of aromatic nitrogens is 5. The highest BCUT2D eigenvalue weighted by molar-refractivity contribution is 6.04. The summed E-state index contributed by atoms with van der Waals surface area (Å²) in [4.78, 5) is 29.7. The van der Waals surface area contributed by atoms with Crippen molar-refractivity contribution in [3.63, 3.8) is 0 Å². The third-order valence-electron chi connectivity index (χ3n) is 6.28. The summed E-state index contributed by atoms with van der Waals surface area (Å²) in [5.74, 6) is 0.417. The molecule has 0 aliphatic rings. The van der Waals surface area contributed by atoms with Gasteiger partial charge in [0.25, 0.3) is 11.8 Å². The summed E-state index contributed by atoms with van der Waals surface area (Å²) in [6.45, 7) is 8.96. The van der Waals surface area contributed by atoms with Gasteiger partial charge in [-0.1, -0.05) is 26.8 Å². The molecular weight excluding hydrogens is 498 g/mol. The van der Waals surface area contributed by atoms with Crippen molar-refractivity contribution >= 4 is 17.5 Å². The molecule has 3 aromatic heterocycles. The molecule has 1 aromatic carbocycles. The van der Waals surface area contributed by atoms with Gasteiger partial charge < -0.3 is 20.1 Å². The van der Waals surface area contributed by atoms with Gasteiger partial charge in [0.2, 0.25) is 0 Å². The first-order valence-corrected chi connectivity index (χ1v) is 12.6. The Kier molecular flexibility index (Phi) is 8.28. The number of hydrogen-bond acceptors (Lipinski definition) is 7. The number of nitrogens with one attached hydrogen (secondary N) is 3. The van der Waals surface area contributed by atoms with Gasteiger partial charge in [-0.15, -0.1) is 0 Å². The van der Waals surface area contributed by atoms with Crippen LogP contribution in [0.3, 0.4) is 0 Å². The lowest BCUT2D eigenvalue weighted by Gasteiger charge is -2.27. The Balaban J connectivity index is 1.33. The molecule has 4 rings (SSSR count). The Morgan fingerprint density at radius 3 is 2.59 bits per heavy atom. The van der Waals surface area contributed by atoms with Gasteiger partial charge >= 0.3 is 0 Å². The number of hydrogen-bond donors (Lipinski definition) is 3. The summed E-state index contributed by atoms with van der Waals surface area (Å²) in [5.41, 5.74) is 2.27. The van der Waals surface area contributed by atoms with Crippen LogP contribution in [0.5, 0.6) is 11.5 Å². The van der Waals surface area contributed by atoms with E-state index < -0.39 is 0 Å². The highest BCUT2D eigenvalue weighted by atomic mass is 16.5. The van der Waals surface area contributed by atoms with Crippen LogP contribution in [0.1, 0.15) is 48.7 Å². The number of benzene rings is 1. The van der Waals surface area contributed by atoms with Crippen molar-refractivity contribution in [1.29, 1.82) is 0 Å². The van der Waals surface area contributed by atoms with Crippen molar-refractivity contribution in [3.05, 3.63) is 72.3 Å². The molecule has 0 aliphatic heterocycles. The van der Waals surface area contributed by atoms with E-state index in [1.54, 1.807) is 65.6 Å². The van der Waals surface area contributed by atoms with Crippen molar-refractivity contribution in [3.8, 4) is 22.9 Å². The molecular formula is C28H33N7O4. The largest absolute Gasteiger partial charge is 0.494 e. The summed E-state index contributed by atoms with van der Waals surface area (Å²) in [7, 11) is 1.52. The number of carbonyl (C=O) groups excluding carboxylic acids is 2. The van der Waals surface area contributed by atoms with Crippen LogP contribution in [0.2, 0.25) is 0 Å². The maximum atomic E-state index is 12.8. The molecule has 3 heterocycles. The molecule has 0 fully saturated rings. The molecule has 0 spiro atoms. The summed E-state index contributed by atoms with van der Waals surface area (Å²) in [6.07, 6.45) is 3.44. The van der Waals surface area contributed by atoms with E-state index in [2.05, 4.69) is 51.7 Å². The summed E-state index contributed by atoms with van der Waals surface area (Å²) in [5, 5.41) is 17.0. The zero-order valence-corrected chi connectivity index (χ0v) is 22.7. The number of amides is 2. The van der Waals surface area contributed by atoms with Crippen molar-refractivity contribution in [2.24, 2.45) is 5.41 Å². The van der Waals surface area contributed by atoms with Crippen molar-refractivity contribution < 1.29 is 19.1 Å². The lowest BCUT2D eigenvalue weighted by molar-refractivity contribution is 0.0903. The third-order valence-corrected chi connectivity index (χ3v) is 6.28. The number of nitrogens with zero attached hydrogens (tertiary/aromatic N) is 4. The summed E-state index contributed by atoms with van der Waals surface area (Å²) in [6, 6.07) is 13.8. The number of methoxy groups -OCH3 is 1. The van der Waals surface area contributed by atoms with Gasteiger partial charge in [0.15, 0.2) is 0 Å². The van der Waals surface area contributed by atoms with E-state index in [4.69, 9.17) is 9.47 Å². The Hall–Kier alpha value is -4.67. The number of pyridine rings is 1. The average molecular weight is 532 g/mol. The molecule has 0 radical (unpaired) electrons. The van der Waals surface area contributed by atoms with Gasteiger partial charge in [0.05, 0.1) is 25.0 Å². The lowest BCUT2D eigenvalue weighted by Crippen LogP contribution is -2.41. The van der Waals surface area contributed by atoms with Crippen molar-refractivity contribution in [1.82, 2.24) is 30.3 Å². The van der Waals surface area contributed by atoms with Gasteiger partial charge in [0.1, 0.15) is 35.2 Å². The minimum Gasteiger partial charge on any atom is -0.494 e. The molecule has 3 N–H and O–H groups in total. The predicted octanol–water partition coefficient (Wildman–Crippen LogP) is 4.17. The van der Waals surface area contributed by atoms with Crippen LogP contribution in [0.15, 0.2) is 60.9 Å². The second kappa shape index (κ2) is 11.8. The van der Waals surface area contributed by atoms with E-state index in [1.807, 2.05) is 6.92 Å². The zero-order chi connectivity index (χ0) is 28.0. The molecule has 0 aliphatic carbocycles. The second-order valence-corrected chi connectivity index (χ2v) is 10.1. The highest BCUT2D eigenvalue weighted by Gasteiger charge is 2.23. The molecule has 4 aromatic rings. The lowest BCUT2D eigenvalue weighted by atomic mass is 9.88. The molecule has 11 nitrogen and oxygen atoms in total. The predicted molar refractivity (Wildman–Crippen MR) is 147 cm³/mol. The Morgan fingerprint density at radius 2 is 1.87 bits per heavy atom. The first-order valence-electron chi connectivity index (χ1n) is 12.6.